The van der Waals surface area contributed by atoms with Crippen molar-refractivity contribution in [3.63, 3.8) is 0 Å². The van der Waals surface area contributed by atoms with Crippen LogP contribution in [0.5, 0.6) is 0 Å². The van der Waals surface area contributed by atoms with Crippen molar-refractivity contribution in [2.45, 2.75) is 33.1 Å². The lowest BCUT2D eigenvalue weighted by Gasteiger charge is -2.09. The van der Waals surface area contributed by atoms with Crippen molar-refractivity contribution >= 4 is 11.6 Å². The maximum atomic E-state index is 11.9. The second kappa shape index (κ2) is 6.89. The summed E-state index contributed by atoms with van der Waals surface area (Å²) in [4.78, 5) is 16.1. The summed E-state index contributed by atoms with van der Waals surface area (Å²) >= 11 is 0. The number of aryl methyl sites for hydroxylation is 1. The van der Waals surface area contributed by atoms with Crippen molar-refractivity contribution in [2.24, 2.45) is 0 Å². The van der Waals surface area contributed by atoms with E-state index < -0.39 is 0 Å². The Labute approximate surface area is 103 Å². The van der Waals surface area contributed by atoms with Crippen LogP contribution in [0.15, 0.2) is 12.3 Å². The summed E-state index contributed by atoms with van der Waals surface area (Å²) in [6, 6.07) is 1.88. The van der Waals surface area contributed by atoms with Gasteiger partial charge in [0.25, 0.3) is 5.91 Å². The van der Waals surface area contributed by atoms with Crippen LogP contribution in [0, 0.1) is 6.92 Å². The zero-order valence-corrected chi connectivity index (χ0v) is 10.8. The molecule has 0 aromatic carbocycles. The number of anilines is 1. The van der Waals surface area contributed by atoms with Gasteiger partial charge in [0.15, 0.2) is 0 Å². The molecular formula is C13H21N3O. The van der Waals surface area contributed by atoms with Gasteiger partial charge in [0.05, 0.1) is 11.3 Å². The molecule has 0 aliphatic heterocycles. The van der Waals surface area contributed by atoms with Gasteiger partial charge in [-0.05, 0) is 19.4 Å². The van der Waals surface area contributed by atoms with Gasteiger partial charge in [-0.1, -0.05) is 19.8 Å². The monoisotopic (exact) mass is 235 g/mol. The number of nitrogens with one attached hydrogen (secondary N) is 2. The second-order valence-electron chi connectivity index (χ2n) is 4.08. The van der Waals surface area contributed by atoms with Gasteiger partial charge in [-0.3, -0.25) is 9.78 Å². The van der Waals surface area contributed by atoms with Crippen LogP contribution in [0.2, 0.25) is 0 Å². The number of hydrogen-bond donors (Lipinski definition) is 2. The van der Waals surface area contributed by atoms with Crippen molar-refractivity contribution in [1.29, 1.82) is 0 Å². The Morgan fingerprint density at radius 1 is 1.41 bits per heavy atom. The van der Waals surface area contributed by atoms with E-state index in [4.69, 9.17) is 0 Å². The molecule has 1 aromatic rings. The summed E-state index contributed by atoms with van der Waals surface area (Å²) in [7, 11) is 1.81. The van der Waals surface area contributed by atoms with E-state index in [0.717, 1.165) is 37.2 Å². The maximum Gasteiger partial charge on any atom is 0.254 e. The van der Waals surface area contributed by atoms with Crippen molar-refractivity contribution in [3.05, 3.63) is 23.5 Å². The van der Waals surface area contributed by atoms with Gasteiger partial charge in [0.2, 0.25) is 0 Å². The fourth-order valence-electron chi connectivity index (χ4n) is 1.62. The van der Waals surface area contributed by atoms with Crippen molar-refractivity contribution in [1.82, 2.24) is 10.3 Å². The number of carbonyl (C=O) groups is 1. The molecule has 0 atom stereocenters. The standard InChI is InChI=1S/C13H21N3O/c1-4-5-6-7-15-13(17)11-9-16-10(2)8-12(11)14-3/h8-9H,4-7H2,1-3H3,(H,14,16)(H,15,17). The second-order valence-corrected chi connectivity index (χ2v) is 4.08. The van der Waals surface area contributed by atoms with Crippen LogP contribution in [0.25, 0.3) is 0 Å². The molecule has 2 N–H and O–H groups in total. The predicted octanol–water partition coefficient (Wildman–Crippen LogP) is 2.35. The summed E-state index contributed by atoms with van der Waals surface area (Å²) in [6.45, 7) is 4.78. The Hall–Kier alpha value is -1.58. The number of pyridine rings is 1. The summed E-state index contributed by atoms with van der Waals surface area (Å²) in [6.07, 6.45) is 4.95. The van der Waals surface area contributed by atoms with E-state index in [-0.39, 0.29) is 5.91 Å². The zero-order chi connectivity index (χ0) is 12.7. The van der Waals surface area contributed by atoms with E-state index in [2.05, 4.69) is 22.5 Å². The van der Waals surface area contributed by atoms with Gasteiger partial charge in [0.1, 0.15) is 0 Å². The Morgan fingerprint density at radius 2 is 2.18 bits per heavy atom. The zero-order valence-electron chi connectivity index (χ0n) is 10.8. The first-order valence-electron chi connectivity index (χ1n) is 6.11. The smallest absolute Gasteiger partial charge is 0.254 e. The number of unbranched alkanes of at least 4 members (excludes halogenated alkanes) is 2. The lowest BCUT2D eigenvalue weighted by molar-refractivity contribution is 0.0953. The molecule has 0 spiro atoms. The molecular weight excluding hydrogens is 214 g/mol. The molecule has 0 aliphatic carbocycles. The molecule has 4 nitrogen and oxygen atoms in total. The van der Waals surface area contributed by atoms with Crippen molar-refractivity contribution in [2.75, 3.05) is 18.9 Å². The van der Waals surface area contributed by atoms with Gasteiger partial charge < -0.3 is 10.6 Å². The van der Waals surface area contributed by atoms with E-state index in [1.165, 1.54) is 0 Å². The highest BCUT2D eigenvalue weighted by atomic mass is 16.1. The highest BCUT2D eigenvalue weighted by Crippen LogP contribution is 2.14. The van der Waals surface area contributed by atoms with Crippen LogP contribution in [-0.2, 0) is 0 Å². The predicted molar refractivity (Wildman–Crippen MR) is 70.4 cm³/mol. The number of aromatic nitrogens is 1. The van der Waals surface area contributed by atoms with Crippen LogP contribution >= 0.6 is 0 Å². The summed E-state index contributed by atoms with van der Waals surface area (Å²) in [5.41, 5.74) is 2.33. The molecule has 4 heteroatoms. The van der Waals surface area contributed by atoms with Crippen LogP contribution in [-0.4, -0.2) is 24.5 Å². The molecule has 1 rings (SSSR count). The topological polar surface area (TPSA) is 54.0 Å². The minimum atomic E-state index is -0.0575. The Balaban J connectivity index is 2.62. The third-order valence-electron chi connectivity index (χ3n) is 2.62. The van der Waals surface area contributed by atoms with Gasteiger partial charge in [0, 0.05) is 25.5 Å². The highest BCUT2D eigenvalue weighted by molar-refractivity contribution is 5.99. The van der Waals surface area contributed by atoms with Crippen LogP contribution in [0.4, 0.5) is 5.69 Å². The summed E-state index contributed by atoms with van der Waals surface area (Å²) in [5, 5.41) is 5.93. The third kappa shape index (κ3) is 4.06. The van der Waals surface area contributed by atoms with Gasteiger partial charge in [-0.25, -0.2) is 0 Å². The maximum absolute atomic E-state index is 11.9. The van der Waals surface area contributed by atoms with Gasteiger partial charge in [-0.2, -0.15) is 0 Å². The lowest BCUT2D eigenvalue weighted by atomic mass is 10.2. The van der Waals surface area contributed by atoms with E-state index >= 15 is 0 Å². The number of amides is 1. The Kier molecular flexibility index (Phi) is 5.46. The largest absolute Gasteiger partial charge is 0.387 e. The number of carbonyl (C=O) groups excluding carboxylic acids is 1. The Morgan fingerprint density at radius 3 is 2.82 bits per heavy atom. The third-order valence-corrected chi connectivity index (χ3v) is 2.62. The van der Waals surface area contributed by atoms with Crippen LogP contribution in [0.3, 0.4) is 0 Å². The molecule has 0 radical (unpaired) electrons. The normalized spacial score (nSPS) is 10.1. The van der Waals surface area contributed by atoms with E-state index in [9.17, 15) is 4.79 Å². The fraction of sp³-hybridized carbons (Fsp3) is 0.538. The molecule has 0 aliphatic rings. The van der Waals surface area contributed by atoms with Crippen LogP contribution < -0.4 is 10.6 Å². The van der Waals surface area contributed by atoms with E-state index in [1.807, 2.05) is 20.0 Å². The number of nitrogens with zero attached hydrogens (tertiary/aromatic N) is 1. The fourth-order valence-corrected chi connectivity index (χ4v) is 1.62. The van der Waals surface area contributed by atoms with Crippen molar-refractivity contribution in [3.8, 4) is 0 Å². The number of hydrogen-bond acceptors (Lipinski definition) is 3. The van der Waals surface area contributed by atoms with Crippen LogP contribution in [0.1, 0.15) is 42.2 Å². The van der Waals surface area contributed by atoms with Gasteiger partial charge >= 0.3 is 0 Å². The van der Waals surface area contributed by atoms with Crippen molar-refractivity contribution < 1.29 is 4.79 Å². The highest BCUT2D eigenvalue weighted by Gasteiger charge is 2.10. The Bertz CT molecular complexity index is 377. The van der Waals surface area contributed by atoms with E-state index in [1.54, 1.807) is 6.20 Å². The molecule has 1 aromatic heterocycles. The first-order valence-corrected chi connectivity index (χ1v) is 6.11. The first kappa shape index (κ1) is 13.5. The molecule has 1 heterocycles. The molecule has 1 amide bonds. The minimum absolute atomic E-state index is 0.0575. The summed E-state index contributed by atoms with van der Waals surface area (Å²) < 4.78 is 0. The average Bonchev–Trinajstić information content (AvgIpc) is 2.34. The lowest BCUT2D eigenvalue weighted by Crippen LogP contribution is -2.25. The first-order chi connectivity index (χ1) is 8.19. The quantitative estimate of drug-likeness (QED) is 0.744. The molecule has 0 fully saturated rings. The molecule has 0 unspecified atom stereocenters. The minimum Gasteiger partial charge on any atom is -0.387 e. The molecule has 17 heavy (non-hydrogen) atoms. The van der Waals surface area contributed by atoms with E-state index in [0.29, 0.717) is 5.56 Å². The average molecular weight is 235 g/mol. The molecule has 94 valence electrons. The molecule has 0 saturated carbocycles. The van der Waals surface area contributed by atoms with Gasteiger partial charge in [-0.15, -0.1) is 0 Å². The summed E-state index contributed by atoms with van der Waals surface area (Å²) in [5.74, 6) is -0.0575. The number of rotatable bonds is 6. The SMILES string of the molecule is CCCCCNC(=O)c1cnc(C)cc1NC. The molecule has 0 bridgehead atoms. The molecule has 0 saturated heterocycles.